The molecule has 2 amide bonds. The highest BCUT2D eigenvalue weighted by Gasteiger charge is 2.21. The van der Waals surface area contributed by atoms with Gasteiger partial charge in [-0.1, -0.05) is 6.07 Å². The Balaban J connectivity index is 1.92. The molecule has 0 radical (unpaired) electrons. The zero-order valence-corrected chi connectivity index (χ0v) is 13.2. The minimum Gasteiger partial charge on any atom is -0.481 e. The number of carbonyl (C=O) groups excluding carboxylic acids is 1. The Bertz CT molecular complexity index is 567. The predicted molar refractivity (Wildman–Crippen MR) is 86.2 cm³/mol. The molecule has 5 nitrogen and oxygen atoms in total. The van der Waals surface area contributed by atoms with Crippen molar-refractivity contribution in [3.8, 4) is 0 Å². The van der Waals surface area contributed by atoms with Gasteiger partial charge in [-0.15, -0.1) is 0 Å². The summed E-state index contributed by atoms with van der Waals surface area (Å²) in [4.78, 5) is 22.7. The number of anilines is 1. The molecule has 1 aromatic carbocycles. The van der Waals surface area contributed by atoms with E-state index in [-0.39, 0.29) is 12.5 Å². The van der Waals surface area contributed by atoms with Gasteiger partial charge in [-0.3, -0.25) is 4.79 Å². The molecule has 0 aliphatic heterocycles. The number of nitrogens with one attached hydrogen (secondary N) is 2. The molecule has 0 unspecified atom stereocenters. The van der Waals surface area contributed by atoms with Gasteiger partial charge in [0.15, 0.2) is 0 Å². The molecule has 0 saturated heterocycles. The Hall–Kier alpha value is -2.04. The first-order valence-electron chi connectivity index (χ1n) is 7.78. The van der Waals surface area contributed by atoms with Crippen LogP contribution in [0.25, 0.3) is 0 Å². The molecule has 0 aromatic heterocycles. The monoisotopic (exact) mass is 304 g/mol. The van der Waals surface area contributed by atoms with Crippen LogP contribution in [0.2, 0.25) is 0 Å². The average molecular weight is 304 g/mol. The zero-order chi connectivity index (χ0) is 16.2. The van der Waals surface area contributed by atoms with E-state index in [1.54, 1.807) is 0 Å². The lowest BCUT2D eigenvalue weighted by atomic mass is 9.91. The van der Waals surface area contributed by atoms with Gasteiger partial charge in [0, 0.05) is 17.6 Å². The van der Waals surface area contributed by atoms with E-state index in [4.69, 9.17) is 5.11 Å². The van der Waals surface area contributed by atoms with Crippen LogP contribution >= 0.6 is 0 Å². The molecule has 120 valence electrons. The molecule has 2 rings (SSSR count). The third-order valence-corrected chi connectivity index (χ3v) is 4.02. The quantitative estimate of drug-likeness (QED) is 0.780. The minimum absolute atomic E-state index is 0.0339. The number of benzene rings is 1. The first-order chi connectivity index (χ1) is 10.4. The summed E-state index contributed by atoms with van der Waals surface area (Å²) >= 11 is 0. The summed E-state index contributed by atoms with van der Waals surface area (Å²) in [5, 5.41) is 14.4. The number of aliphatic carboxylic acids is 1. The molecule has 3 N–H and O–H groups in total. The summed E-state index contributed by atoms with van der Waals surface area (Å²) in [6.45, 7) is 3.64. The largest absolute Gasteiger partial charge is 0.481 e. The summed E-state index contributed by atoms with van der Waals surface area (Å²) in [6.07, 6.45) is 5.04. The maximum atomic E-state index is 12.1. The molecule has 22 heavy (non-hydrogen) atoms. The van der Waals surface area contributed by atoms with E-state index in [1.165, 1.54) is 24.0 Å². The molecular formula is C17H24N2O3. The normalized spacial score (nSPS) is 14.1. The van der Waals surface area contributed by atoms with Crippen LogP contribution in [0.1, 0.15) is 50.7 Å². The number of aryl methyl sites for hydroxylation is 2. The van der Waals surface area contributed by atoms with E-state index in [0.29, 0.717) is 6.42 Å². The summed E-state index contributed by atoms with van der Waals surface area (Å²) in [6, 6.07) is 5.75. The summed E-state index contributed by atoms with van der Waals surface area (Å²) in [7, 11) is 0. The Morgan fingerprint density at radius 1 is 1.18 bits per heavy atom. The molecule has 1 aliphatic carbocycles. The topological polar surface area (TPSA) is 78.4 Å². The van der Waals surface area contributed by atoms with Crippen molar-refractivity contribution >= 4 is 17.7 Å². The van der Waals surface area contributed by atoms with E-state index in [2.05, 4.69) is 16.7 Å². The van der Waals surface area contributed by atoms with Crippen molar-refractivity contribution in [2.24, 2.45) is 0 Å². The molecule has 0 heterocycles. The molecule has 1 aromatic rings. The molecule has 0 spiro atoms. The number of hydrogen-bond acceptors (Lipinski definition) is 2. The smallest absolute Gasteiger partial charge is 0.319 e. The SMILES string of the molecule is CC(C)(CCC(=O)O)NC(=O)Nc1ccc2c(c1)CCCC2. The molecule has 0 bridgehead atoms. The lowest BCUT2D eigenvalue weighted by Gasteiger charge is -2.26. The second kappa shape index (κ2) is 6.81. The zero-order valence-electron chi connectivity index (χ0n) is 13.2. The van der Waals surface area contributed by atoms with E-state index in [0.717, 1.165) is 18.5 Å². The van der Waals surface area contributed by atoms with Crippen molar-refractivity contribution in [2.75, 3.05) is 5.32 Å². The maximum Gasteiger partial charge on any atom is 0.319 e. The molecule has 0 atom stereocenters. The van der Waals surface area contributed by atoms with E-state index < -0.39 is 11.5 Å². The van der Waals surface area contributed by atoms with Gasteiger partial charge in [-0.25, -0.2) is 4.79 Å². The van der Waals surface area contributed by atoms with Gasteiger partial charge < -0.3 is 15.7 Å². The van der Waals surface area contributed by atoms with Crippen molar-refractivity contribution in [3.63, 3.8) is 0 Å². The molecule has 0 fully saturated rings. The number of amides is 2. The fourth-order valence-electron chi connectivity index (χ4n) is 2.76. The Morgan fingerprint density at radius 3 is 2.55 bits per heavy atom. The highest BCUT2D eigenvalue weighted by Crippen LogP contribution is 2.24. The van der Waals surface area contributed by atoms with E-state index in [1.807, 2.05) is 26.0 Å². The first kappa shape index (κ1) is 16.3. The maximum absolute atomic E-state index is 12.1. The van der Waals surface area contributed by atoms with Gasteiger partial charge in [-0.2, -0.15) is 0 Å². The van der Waals surface area contributed by atoms with Crippen LogP contribution in [0.5, 0.6) is 0 Å². The van der Waals surface area contributed by atoms with Gasteiger partial charge in [-0.05, 0) is 69.2 Å². The highest BCUT2D eigenvalue weighted by molar-refractivity contribution is 5.89. The highest BCUT2D eigenvalue weighted by atomic mass is 16.4. The second-order valence-corrected chi connectivity index (χ2v) is 6.55. The fourth-order valence-corrected chi connectivity index (χ4v) is 2.76. The van der Waals surface area contributed by atoms with Crippen molar-refractivity contribution in [1.82, 2.24) is 5.32 Å². The summed E-state index contributed by atoms with van der Waals surface area (Å²) < 4.78 is 0. The van der Waals surface area contributed by atoms with Crippen LogP contribution < -0.4 is 10.6 Å². The first-order valence-corrected chi connectivity index (χ1v) is 7.78. The number of carboxylic acids is 1. The van der Waals surface area contributed by atoms with Crippen LogP contribution in [0.3, 0.4) is 0 Å². The van der Waals surface area contributed by atoms with Crippen LogP contribution in [0.4, 0.5) is 10.5 Å². The number of carboxylic acid groups (broad SMARTS) is 1. The van der Waals surface area contributed by atoms with Crippen molar-refractivity contribution in [2.45, 2.75) is 57.9 Å². The van der Waals surface area contributed by atoms with Crippen molar-refractivity contribution < 1.29 is 14.7 Å². The van der Waals surface area contributed by atoms with Crippen LogP contribution in [0, 0.1) is 0 Å². The Kier molecular flexibility index (Phi) is 5.06. The molecular weight excluding hydrogens is 280 g/mol. The second-order valence-electron chi connectivity index (χ2n) is 6.55. The van der Waals surface area contributed by atoms with Crippen LogP contribution in [0.15, 0.2) is 18.2 Å². The summed E-state index contributed by atoms with van der Waals surface area (Å²) in [5.41, 5.74) is 2.91. The molecule has 5 heteroatoms. The predicted octanol–water partition coefficient (Wildman–Crippen LogP) is 3.33. The van der Waals surface area contributed by atoms with Gasteiger partial charge >= 0.3 is 12.0 Å². The van der Waals surface area contributed by atoms with Gasteiger partial charge in [0.2, 0.25) is 0 Å². The van der Waals surface area contributed by atoms with Gasteiger partial charge in [0.25, 0.3) is 0 Å². The van der Waals surface area contributed by atoms with Crippen LogP contribution in [-0.2, 0) is 17.6 Å². The third-order valence-electron chi connectivity index (χ3n) is 4.02. The van der Waals surface area contributed by atoms with E-state index in [9.17, 15) is 9.59 Å². The summed E-state index contributed by atoms with van der Waals surface area (Å²) in [5.74, 6) is -0.857. The lowest BCUT2D eigenvalue weighted by molar-refractivity contribution is -0.137. The number of rotatable bonds is 5. The molecule has 1 aliphatic rings. The minimum atomic E-state index is -0.857. The average Bonchev–Trinajstić information content (AvgIpc) is 2.44. The lowest BCUT2D eigenvalue weighted by Crippen LogP contribution is -2.45. The number of fused-ring (bicyclic) bond motifs is 1. The number of carbonyl (C=O) groups is 2. The third kappa shape index (κ3) is 4.76. The molecule has 0 saturated carbocycles. The van der Waals surface area contributed by atoms with Crippen molar-refractivity contribution in [3.05, 3.63) is 29.3 Å². The van der Waals surface area contributed by atoms with Crippen molar-refractivity contribution in [1.29, 1.82) is 0 Å². The Labute approximate surface area is 131 Å². The standard InChI is InChI=1S/C17H24N2O3/c1-17(2,10-9-15(20)21)19-16(22)18-14-8-7-12-5-3-4-6-13(12)11-14/h7-8,11H,3-6,9-10H2,1-2H3,(H,20,21)(H2,18,19,22). The Morgan fingerprint density at radius 2 is 1.86 bits per heavy atom. The fraction of sp³-hybridized carbons (Fsp3) is 0.529. The van der Waals surface area contributed by atoms with Crippen LogP contribution in [-0.4, -0.2) is 22.6 Å². The van der Waals surface area contributed by atoms with Gasteiger partial charge in [0.1, 0.15) is 0 Å². The number of urea groups is 1. The number of hydrogen-bond donors (Lipinski definition) is 3. The van der Waals surface area contributed by atoms with Gasteiger partial charge in [0.05, 0.1) is 0 Å². The van der Waals surface area contributed by atoms with E-state index >= 15 is 0 Å².